The van der Waals surface area contributed by atoms with Crippen LogP contribution in [-0.2, 0) is 14.8 Å². The van der Waals surface area contributed by atoms with Crippen molar-refractivity contribution >= 4 is 15.9 Å². The van der Waals surface area contributed by atoms with Crippen molar-refractivity contribution in [1.82, 2.24) is 9.62 Å². The van der Waals surface area contributed by atoms with Gasteiger partial charge in [0.25, 0.3) is 0 Å². The highest BCUT2D eigenvalue weighted by Crippen LogP contribution is 2.25. The fraction of sp³-hybridized carbons (Fsp3) is 0.611. The molecule has 1 aliphatic rings. The predicted octanol–water partition coefficient (Wildman–Crippen LogP) is 2.78. The van der Waals surface area contributed by atoms with Crippen molar-refractivity contribution in [1.29, 1.82) is 0 Å². The molecule has 5 nitrogen and oxygen atoms in total. The average molecular weight is 370 g/mol. The number of hydrogen-bond donors (Lipinski definition) is 1. The van der Waals surface area contributed by atoms with Crippen molar-refractivity contribution in [2.45, 2.75) is 44.4 Å². The molecule has 0 atom stereocenters. The third kappa shape index (κ3) is 5.25. The summed E-state index contributed by atoms with van der Waals surface area (Å²) in [5.41, 5.74) is 0. The monoisotopic (exact) mass is 370 g/mol. The van der Waals surface area contributed by atoms with Crippen LogP contribution in [-0.4, -0.2) is 38.3 Å². The van der Waals surface area contributed by atoms with Gasteiger partial charge in [0.15, 0.2) is 0 Å². The first-order valence-electron chi connectivity index (χ1n) is 8.84. The fourth-order valence-corrected chi connectivity index (χ4v) is 4.55. The number of carbonyl (C=O) groups excluding carboxylic acids is 1. The molecule has 0 saturated carbocycles. The fourth-order valence-electron chi connectivity index (χ4n) is 3.02. The molecule has 0 radical (unpaired) electrons. The van der Waals surface area contributed by atoms with Crippen LogP contribution in [0.2, 0.25) is 0 Å². The van der Waals surface area contributed by atoms with E-state index in [4.69, 9.17) is 0 Å². The van der Waals surface area contributed by atoms with Crippen molar-refractivity contribution in [3.8, 4) is 0 Å². The standard InChI is InChI=1S/C18H27FN2O3S/c1-14(2)6-5-11-20-18(22)15-9-12-21(13-10-15)25(23,24)17-8-4-3-7-16(17)19/h3-4,7-8,14-15H,5-6,9-13H2,1-2H3,(H,20,22). The van der Waals surface area contributed by atoms with Crippen LogP contribution in [0.15, 0.2) is 29.2 Å². The minimum Gasteiger partial charge on any atom is -0.356 e. The summed E-state index contributed by atoms with van der Waals surface area (Å²) in [5.74, 6) is -0.311. The zero-order valence-corrected chi connectivity index (χ0v) is 15.7. The molecule has 1 saturated heterocycles. The lowest BCUT2D eigenvalue weighted by molar-refractivity contribution is -0.126. The van der Waals surface area contributed by atoms with Crippen LogP contribution in [0.3, 0.4) is 0 Å². The number of nitrogens with one attached hydrogen (secondary N) is 1. The van der Waals surface area contributed by atoms with Crippen LogP contribution < -0.4 is 5.32 Å². The molecule has 1 fully saturated rings. The Morgan fingerprint density at radius 2 is 1.92 bits per heavy atom. The number of hydrogen-bond acceptors (Lipinski definition) is 3. The largest absolute Gasteiger partial charge is 0.356 e. The topological polar surface area (TPSA) is 66.5 Å². The van der Waals surface area contributed by atoms with E-state index in [9.17, 15) is 17.6 Å². The number of piperidine rings is 1. The smallest absolute Gasteiger partial charge is 0.245 e. The molecule has 140 valence electrons. The molecule has 0 aliphatic carbocycles. The van der Waals surface area contributed by atoms with Gasteiger partial charge in [0.2, 0.25) is 15.9 Å². The van der Waals surface area contributed by atoms with E-state index < -0.39 is 15.8 Å². The van der Waals surface area contributed by atoms with Crippen molar-refractivity contribution in [3.63, 3.8) is 0 Å². The van der Waals surface area contributed by atoms with Crippen molar-refractivity contribution in [2.75, 3.05) is 19.6 Å². The summed E-state index contributed by atoms with van der Waals surface area (Å²) in [6, 6.07) is 5.39. The molecule has 0 unspecified atom stereocenters. The lowest BCUT2D eigenvalue weighted by Gasteiger charge is -2.30. The third-order valence-corrected chi connectivity index (χ3v) is 6.47. The quantitative estimate of drug-likeness (QED) is 0.751. The van der Waals surface area contributed by atoms with Gasteiger partial charge in [-0.2, -0.15) is 4.31 Å². The summed E-state index contributed by atoms with van der Waals surface area (Å²) in [4.78, 5) is 11.9. The van der Waals surface area contributed by atoms with Crippen molar-refractivity contribution < 1.29 is 17.6 Å². The van der Waals surface area contributed by atoms with Gasteiger partial charge in [-0.05, 0) is 43.7 Å². The normalized spacial score (nSPS) is 17.0. The first-order chi connectivity index (χ1) is 11.8. The van der Waals surface area contributed by atoms with Gasteiger partial charge in [-0.15, -0.1) is 0 Å². The summed E-state index contributed by atoms with van der Waals surface area (Å²) >= 11 is 0. The molecular formula is C18H27FN2O3S. The molecule has 25 heavy (non-hydrogen) atoms. The molecule has 1 aliphatic heterocycles. The molecule has 7 heteroatoms. The van der Waals surface area contributed by atoms with Crippen LogP contribution in [0.1, 0.15) is 39.5 Å². The van der Waals surface area contributed by atoms with Crippen molar-refractivity contribution in [2.24, 2.45) is 11.8 Å². The molecular weight excluding hydrogens is 343 g/mol. The minimum absolute atomic E-state index is 0.00769. The summed E-state index contributed by atoms with van der Waals surface area (Å²) in [7, 11) is -3.85. The summed E-state index contributed by atoms with van der Waals surface area (Å²) < 4.78 is 40.2. The predicted molar refractivity (Wildman–Crippen MR) is 95.0 cm³/mol. The van der Waals surface area contributed by atoms with E-state index in [0.717, 1.165) is 18.9 Å². The summed E-state index contributed by atoms with van der Waals surface area (Å²) in [6.07, 6.45) is 2.94. The van der Waals surface area contributed by atoms with Crippen LogP contribution >= 0.6 is 0 Å². The molecule has 1 aromatic rings. The molecule has 0 aromatic heterocycles. The average Bonchev–Trinajstić information content (AvgIpc) is 2.58. The first-order valence-corrected chi connectivity index (χ1v) is 10.3. The van der Waals surface area contributed by atoms with Gasteiger partial charge in [0, 0.05) is 25.6 Å². The Bertz CT molecular complexity index is 683. The van der Waals surface area contributed by atoms with Gasteiger partial charge in [-0.3, -0.25) is 4.79 Å². The van der Waals surface area contributed by atoms with Crippen LogP contribution in [0.4, 0.5) is 4.39 Å². The molecule has 1 amide bonds. The maximum atomic E-state index is 13.8. The van der Waals surface area contributed by atoms with Gasteiger partial charge < -0.3 is 5.32 Å². The molecule has 1 heterocycles. The number of rotatable bonds is 7. The Balaban J connectivity index is 1.87. The van der Waals surface area contributed by atoms with Crippen LogP contribution in [0.25, 0.3) is 0 Å². The van der Waals surface area contributed by atoms with Gasteiger partial charge in [-0.1, -0.05) is 26.0 Å². The van der Waals surface area contributed by atoms with E-state index in [-0.39, 0.29) is 29.8 Å². The number of halogens is 1. The Kier molecular flexibility index (Phi) is 6.95. The second-order valence-electron chi connectivity index (χ2n) is 6.94. The van der Waals surface area contributed by atoms with Crippen LogP contribution in [0, 0.1) is 17.7 Å². The van der Waals surface area contributed by atoms with E-state index in [1.54, 1.807) is 0 Å². The van der Waals surface area contributed by atoms with Crippen LogP contribution in [0.5, 0.6) is 0 Å². The highest BCUT2D eigenvalue weighted by molar-refractivity contribution is 7.89. The Hall–Kier alpha value is -1.47. The maximum absolute atomic E-state index is 13.8. The van der Waals surface area contributed by atoms with Gasteiger partial charge in [-0.25, -0.2) is 12.8 Å². The van der Waals surface area contributed by atoms with Crippen molar-refractivity contribution in [3.05, 3.63) is 30.1 Å². The Morgan fingerprint density at radius 1 is 1.28 bits per heavy atom. The Labute approximate surface area is 149 Å². The van der Waals surface area contributed by atoms with Gasteiger partial charge in [0.05, 0.1) is 0 Å². The van der Waals surface area contributed by atoms with Gasteiger partial charge >= 0.3 is 0 Å². The molecule has 1 aromatic carbocycles. The van der Waals surface area contributed by atoms with E-state index in [2.05, 4.69) is 19.2 Å². The lowest BCUT2D eigenvalue weighted by atomic mass is 9.97. The zero-order chi connectivity index (χ0) is 18.4. The summed E-state index contributed by atoms with van der Waals surface area (Å²) in [6.45, 7) is 5.42. The SMILES string of the molecule is CC(C)CCCNC(=O)C1CCN(S(=O)(=O)c2ccccc2F)CC1. The van der Waals surface area contributed by atoms with E-state index in [1.807, 2.05) is 0 Å². The number of nitrogens with zero attached hydrogens (tertiary/aromatic N) is 1. The molecule has 1 N–H and O–H groups in total. The lowest BCUT2D eigenvalue weighted by Crippen LogP contribution is -2.43. The minimum atomic E-state index is -3.85. The molecule has 0 spiro atoms. The first kappa shape index (κ1) is 19.8. The second-order valence-corrected chi connectivity index (χ2v) is 8.84. The zero-order valence-electron chi connectivity index (χ0n) is 14.9. The number of benzene rings is 1. The summed E-state index contributed by atoms with van der Waals surface area (Å²) in [5, 5.41) is 2.94. The number of sulfonamides is 1. The molecule has 0 bridgehead atoms. The Morgan fingerprint density at radius 3 is 2.52 bits per heavy atom. The third-order valence-electron chi connectivity index (χ3n) is 4.54. The maximum Gasteiger partial charge on any atom is 0.245 e. The number of amides is 1. The highest BCUT2D eigenvalue weighted by Gasteiger charge is 2.33. The van der Waals surface area contributed by atoms with E-state index in [1.165, 1.54) is 22.5 Å². The van der Waals surface area contributed by atoms with E-state index in [0.29, 0.717) is 25.3 Å². The second kappa shape index (κ2) is 8.76. The highest BCUT2D eigenvalue weighted by atomic mass is 32.2. The van der Waals surface area contributed by atoms with Gasteiger partial charge in [0.1, 0.15) is 10.7 Å². The van der Waals surface area contributed by atoms with E-state index >= 15 is 0 Å². The molecule has 2 rings (SSSR count). The number of carbonyl (C=O) groups is 1.